The lowest BCUT2D eigenvalue weighted by atomic mass is 10.0. The topological polar surface area (TPSA) is 69.4 Å². The lowest BCUT2D eigenvalue weighted by molar-refractivity contribution is -0.118. The highest BCUT2D eigenvalue weighted by molar-refractivity contribution is 5.91. The van der Waals surface area contributed by atoms with E-state index < -0.39 is 0 Å². The number of ether oxygens (including phenoxy) is 1. The highest BCUT2D eigenvalue weighted by Crippen LogP contribution is 2.38. The number of allylic oxidation sites excluding steroid dienone is 2. The van der Waals surface area contributed by atoms with Gasteiger partial charge in [0.05, 0.1) is 5.56 Å². The van der Waals surface area contributed by atoms with E-state index >= 15 is 0 Å². The SMILES string of the molecule is Cc1ccc(OC(=O)c2ccccc2)c(C2=CC(CCC(N)=O)CC2)c1. The molecular formula is C22H23NO3. The molecule has 4 heteroatoms. The number of rotatable bonds is 6. The first-order valence-corrected chi connectivity index (χ1v) is 8.90. The molecule has 1 amide bonds. The van der Waals surface area contributed by atoms with Gasteiger partial charge in [-0.25, -0.2) is 4.79 Å². The van der Waals surface area contributed by atoms with Crippen molar-refractivity contribution in [1.82, 2.24) is 0 Å². The Bertz CT molecular complexity index is 840. The minimum Gasteiger partial charge on any atom is -0.422 e. The third-order valence-electron chi connectivity index (χ3n) is 4.68. The Balaban J connectivity index is 1.81. The normalized spacial score (nSPS) is 16.2. The standard InChI is InChI=1S/C22H23NO3/c1-15-7-11-20(26-22(25)17-5-3-2-4-6-17)19(13-15)18-10-8-16(14-18)9-12-21(23)24/h2-7,11,13-14,16H,8-10,12H2,1H3,(H2,23,24). The Morgan fingerprint density at radius 3 is 2.65 bits per heavy atom. The summed E-state index contributed by atoms with van der Waals surface area (Å²) in [4.78, 5) is 23.4. The van der Waals surface area contributed by atoms with Crippen LogP contribution in [0.4, 0.5) is 0 Å². The van der Waals surface area contributed by atoms with Gasteiger partial charge in [0, 0.05) is 12.0 Å². The summed E-state index contributed by atoms with van der Waals surface area (Å²) in [5.74, 6) is 0.293. The first-order valence-electron chi connectivity index (χ1n) is 8.90. The predicted octanol–water partition coefficient (Wildman–Crippen LogP) is 4.27. The maximum atomic E-state index is 12.4. The molecule has 134 valence electrons. The van der Waals surface area contributed by atoms with Gasteiger partial charge in [-0.1, -0.05) is 35.9 Å². The van der Waals surface area contributed by atoms with Crippen LogP contribution < -0.4 is 10.5 Å². The molecule has 0 bridgehead atoms. The summed E-state index contributed by atoms with van der Waals surface area (Å²) in [5.41, 5.74) is 9.01. The Morgan fingerprint density at radius 2 is 1.92 bits per heavy atom. The van der Waals surface area contributed by atoms with E-state index in [1.54, 1.807) is 12.1 Å². The van der Waals surface area contributed by atoms with E-state index in [0.717, 1.165) is 30.4 Å². The first-order chi connectivity index (χ1) is 12.5. The van der Waals surface area contributed by atoms with E-state index in [9.17, 15) is 9.59 Å². The van der Waals surface area contributed by atoms with Gasteiger partial charge in [0.25, 0.3) is 0 Å². The van der Waals surface area contributed by atoms with Crippen molar-refractivity contribution in [2.75, 3.05) is 0 Å². The van der Waals surface area contributed by atoms with Crippen LogP contribution in [0.15, 0.2) is 54.6 Å². The molecule has 1 atom stereocenters. The monoisotopic (exact) mass is 349 g/mol. The zero-order valence-electron chi connectivity index (χ0n) is 14.9. The molecular weight excluding hydrogens is 326 g/mol. The van der Waals surface area contributed by atoms with Gasteiger partial charge in [0.2, 0.25) is 5.91 Å². The molecule has 4 nitrogen and oxygen atoms in total. The average Bonchev–Trinajstić information content (AvgIpc) is 3.11. The van der Waals surface area contributed by atoms with Crippen LogP contribution in [0.1, 0.15) is 47.2 Å². The van der Waals surface area contributed by atoms with Crippen LogP contribution in [0.25, 0.3) is 5.57 Å². The summed E-state index contributed by atoms with van der Waals surface area (Å²) in [7, 11) is 0. The summed E-state index contributed by atoms with van der Waals surface area (Å²) in [6.45, 7) is 2.02. The zero-order valence-corrected chi connectivity index (χ0v) is 14.9. The van der Waals surface area contributed by atoms with Crippen LogP contribution in [0.5, 0.6) is 5.75 Å². The van der Waals surface area contributed by atoms with Crippen molar-refractivity contribution in [2.45, 2.75) is 32.6 Å². The van der Waals surface area contributed by atoms with E-state index in [2.05, 4.69) is 12.1 Å². The summed E-state index contributed by atoms with van der Waals surface area (Å²) in [6, 6.07) is 14.8. The highest BCUT2D eigenvalue weighted by atomic mass is 16.5. The van der Waals surface area contributed by atoms with Gasteiger partial charge in [0.15, 0.2) is 0 Å². The van der Waals surface area contributed by atoms with Crippen molar-refractivity contribution >= 4 is 17.4 Å². The molecule has 2 aromatic carbocycles. The van der Waals surface area contributed by atoms with E-state index in [4.69, 9.17) is 10.5 Å². The second kappa shape index (κ2) is 8.00. The predicted molar refractivity (Wildman–Crippen MR) is 102 cm³/mol. The smallest absolute Gasteiger partial charge is 0.343 e. The second-order valence-corrected chi connectivity index (χ2v) is 6.75. The molecule has 0 fully saturated rings. The van der Waals surface area contributed by atoms with Crippen LogP contribution >= 0.6 is 0 Å². The summed E-state index contributed by atoms with van der Waals surface area (Å²) in [6.07, 6.45) is 5.25. The van der Waals surface area contributed by atoms with Crippen LogP contribution in [-0.2, 0) is 4.79 Å². The Labute approximate surface area is 153 Å². The van der Waals surface area contributed by atoms with Crippen molar-refractivity contribution in [3.63, 3.8) is 0 Å². The summed E-state index contributed by atoms with van der Waals surface area (Å²) < 4.78 is 5.68. The van der Waals surface area contributed by atoms with E-state index in [0.29, 0.717) is 23.7 Å². The quantitative estimate of drug-likeness (QED) is 0.625. The zero-order chi connectivity index (χ0) is 18.5. The molecule has 2 aromatic rings. The Morgan fingerprint density at radius 1 is 1.15 bits per heavy atom. The molecule has 0 aliphatic heterocycles. The number of nitrogens with two attached hydrogens (primary N) is 1. The molecule has 1 unspecified atom stereocenters. The number of primary amides is 1. The fourth-order valence-corrected chi connectivity index (χ4v) is 3.29. The Kier molecular flexibility index (Phi) is 5.52. The maximum Gasteiger partial charge on any atom is 0.343 e. The lowest BCUT2D eigenvalue weighted by Gasteiger charge is -2.12. The minimum absolute atomic E-state index is 0.264. The molecule has 0 aromatic heterocycles. The molecule has 0 saturated heterocycles. The highest BCUT2D eigenvalue weighted by Gasteiger charge is 2.21. The van der Waals surface area contributed by atoms with Crippen LogP contribution in [0, 0.1) is 12.8 Å². The largest absolute Gasteiger partial charge is 0.422 e. The molecule has 1 aliphatic rings. The molecule has 0 spiro atoms. The molecule has 1 aliphatic carbocycles. The molecule has 26 heavy (non-hydrogen) atoms. The van der Waals surface area contributed by atoms with Gasteiger partial charge in [-0.3, -0.25) is 4.79 Å². The number of hydrogen-bond acceptors (Lipinski definition) is 3. The Hall–Kier alpha value is -2.88. The van der Waals surface area contributed by atoms with E-state index in [1.165, 1.54) is 5.57 Å². The minimum atomic E-state index is -0.362. The third-order valence-corrected chi connectivity index (χ3v) is 4.68. The molecule has 0 radical (unpaired) electrons. The molecule has 0 heterocycles. The van der Waals surface area contributed by atoms with Gasteiger partial charge >= 0.3 is 5.97 Å². The van der Waals surface area contributed by atoms with E-state index in [-0.39, 0.29) is 11.9 Å². The third kappa shape index (κ3) is 4.39. The van der Waals surface area contributed by atoms with Crippen molar-refractivity contribution in [1.29, 1.82) is 0 Å². The average molecular weight is 349 g/mol. The number of esters is 1. The second-order valence-electron chi connectivity index (χ2n) is 6.75. The number of hydrogen-bond donors (Lipinski definition) is 1. The van der Waals surface area contributed by atoms with Gasteiger partial charge in [-0.2, -0.15) is 0 Å². The van der Waals surface area contributed by atoms with Crippen LogP contribution in [0.2, 0.25) is 0 Å². The fraction of sp³-hybridized carbons (Fsp3) is 0.273. The number of benzene rings is 2. The molecule has 3 rings (SSSR count). The van der Waals surface area contributed by atoms with Gasteiger partial charge in [-0.15, -0.1) is 0 Å². The fourth-order valence-electron chi connectivity index (χ4n) is 3.29. The maximum absolute atomic E-state index is 12.4. The van der Waals surface area contributed by atoms with Crippen LogP contribution in [-0.4, -0.2) is 11.9 Å². The number of amides is 1. The first kappa shape index (κ1) is 17.9. The van der Waals surface area contributed by atoms with E-state index in [1.807, 2.05) is 37.3 Å². The molecule has 2 N–H and O–H groups in total. The van der Waals surface area contributed by atoms with Crippen molar-refractivity contribution in [3.05, 3.63) is 71.3 Å². The number of aryl methyl sites for hydroxylation is 1. The lowest BCUT2D eigenvalue weighted by Crippen LogP contribution is -2.11. The summed E-state index contributed by atoms with van der Waals surface area (Å²) in [5, 5.41) is 0. The van der Waals surface area contributed by atoms with Gasteiger partial charge in [0.1, 0.15) is 5.75 Å². The molecule has 0 saturated carbocycles. The van der Waals surface area contributed by atoms with Crippen molar-refractivity contribution in [3.8, 4) is 5.75 Å². The van der Waals surface area contributed by atoms with Gasteiger partial charge in [-0.05, 0) is 61.9 Å². The van der Waals surface area contributed by atoms with Crippen molar-refractivity contribution < 1.29 is 14.3 Å². The number of carbonyl (C=O) groups excluding carboxylic acids is 2. The van der Waals surface area contributed by atoms with Crippen molar-refractivity contribution in [2.24, 2.45) is 11.7 Å². The summed E-state index contributed by atoms with van der Waals surface area (Å²) >= 11 is 0. The van der Waals surface area contributed by atoms with Crippen LogP contribution in [0.3, 0.4) is 0 Å². The van der Waals surface area contributed by atoms with Gasteiger partial charge < -0.3 is 10.5 Å². The number of carbonyl (C=O) groups is 2.